The number of phenols is 4. The molecule has 0 unspecified atom stereocenters. The van der Waals surface area contributed by atoms with Crippen LogP contribution in [0.15, 0.2) is 189 Å². The molecule has 8 aromatic carbocycles. The highest BCUT2D eigenvalue weighted by molar-refractivity contribution is 7.91. The Morgan fingerprint density at radius 2 is 0.568 bits per heavy atom. The number of rotatable bonds is 12. The van der Waals surface area contributed by atoms with Crippen LogP contribution in [0.2, 0.25) is 0 Å². The molecule has 0 radical (unpaired) electrons. The van der Waals surface area contributed by atoms with E-state index in [1.165, 1.54) is 97.1 Å². The van der Waals surface area contributed by atoms with Crippen molar-refractivity contribution < 1.29 is 56.4 Å². The molecule has 0 atom stereocenters. The number of carbonyl (C=O) groups excluding carboxylic acids is 4. The Kier molecular flexibility index (Phi) is 15.1. The van der Waals surface area contributed by atoms with Crippen molar-refractivity contribution in [3.8, 4) is 23.0 Å². The van der Waals surface area contributed by atoms with Gasteiger partial charge in [0, 0.05) is 45.0 Å². The number of phenolic OH excluding ortho intramolecular Hbond substituents is 4. The summed E-state index contributed by atoms with van der Waals surface area (Å²) >= 11 is 0. The predicted molar refractivity (Wildman–Crippen MR) is 279 cm³/mol. The van der Waals surface area contributed by atoms with E-state index in [2.05, 4.69) is 21.3 Å². The number of nitrogens with two attached hydrogens (primary N) is 4. The van der Waals surface area contributed by atoms with Gasteiger partial charge in [-0.3, -0.25) is 19.2 Å². The molecular weight excluding hydrogens is 993 g/mol. The number of hydrogen-bond acceptors (Lipinski definition) is 16. The molecule has 0 aliphatic carbocycles. The van der Waals surface area contributed by atoms with Crippen LogP contribution in [0, 0.1) is 0 Å². The van der Waals surface area contributed by atoms with Crippen LogP contribution in [0.25, 0.3) is 0 Å². The van der Waals surface area contributed by atoms with Gasteiger partial charge in [-0.05, 0) is 158 Å². The number of benzene rings is 8. The lowest BCUT2D eigenvalue weighted by atomic mass is 10.2. The van der Waals surface area contributed by atoms with E-state index in [1.807, 2.05) is 0 Å². The molecule has 0 saturated heterocycles. The van der Waals surface area contributed by atoms with Crippen molar-refractivity contribution in [1.82, 2.24) is 0 Å². The van der Waals surface area contributed by atoms with E-state index >= 15 is 0 Å². The van der Waals surface area contributed by atoms with Crippen LogP contribution >= 0.6 is 0 Å². The lowest BCUT2D eigenvalue weighted by molar-refractivity contribution is 0.101. The van der Waals surface area contributed by atoms with Gasteiger partial charge in [0.25, 0.3) is 23.6 Å². The molecule has 0 aliphatic rings. The first-order valence-electron chi connectivity index (χ1n) is 21.6. The Labute approximate surface area is 422 Å². The minimum absolute atomic E-state index is 0.126. The zero-order valence-corrected chi connectivity index (χ0v) is 40.0. The predicted octanol–water partition coefficient (Wildman–Crippen LogP) is 7.20. The van der Waals surface area contributed by atoms with Gasteiger partial charge in [-0.25, -0.2) is 16.8 Å². The molecule has 20 nitrogen and oxygen atoms in total. The van der Waals surface area contributed by atoms with Crippen molar-refractivity contribution in [1.29, 1.82) is 0 Å². The highest BCUT2D eigenvalue weighted by atomic mass is 32.2. The van der Waals surface area contributed by atoms with Crippen molar-refractivity contribution in [2.75, 3.05) is 44.2 Å². The zero-order valence-electron chi connectivity index (χ0n) is 38.3. The summed E-state index contributed by atoms with van der Waals surface area (Å²) in [5.41, 5.74) is 24.7. The van der Waals surface area contributed by atoms with Crippen LogP contribution < -0.4 is 44.2 Å². The number of nitrogens with one attached hydrogen (secondary N) is 4. The lowest BCUT2D eigenvalue weighted by Gasteiger charge is -2.13. The molecule has 8 aromatic rings. The quantitative estimate of drug-likeness (QED) is 0.0425. The van der Waals surface area contributed by atoms with Gasteiger partial charge in [0.05, 0.1) is 42.3 Å². The van der Waals surface area contributed by atoms with E-state index in [0.29, 0.717) is 22.7 Å². The van der Waals surface area contributed by atoms with E-state index in [1.54, 1.807) is 24.3 Å². The van der Waals surface area contributed by atoms with Gasteiger partial charge in [-0.2, -0.15) is 0 Å². The number of carbonyl (C=O) groups is 4. The molecular formula is C52H44N8O12S2. The Morgan fingerprint density at radius 3 is 0.824 bits per heavy atom. The second-order valence-corrected chi connectivity index (χ2v) is 19.9. The fourth-order valence-electron chi connectivity index (χ4n) is 6.81. The molecule has 0 saturated carbocycles. The van der Waals surface area contributed by atoms with E-state index in [0.717, 1.165) is 48.5 Å². The largest absolute Gasteiger partial charge is 0.506 e. The minimum Gasteiger partial charge on any atom is -0.506 e. The Hall–Kier alpha value is -10.1. The second-order valence-electron chi connectivity index (χ2n) is 16.0. The number of amides is 4. The van der Waals surface area contributed by atoms with Gasteiger partial charge in [0.1, 0.15) is 23.0 Å². The molecule has 0 spiro atoms. The highest BCUT2D eigenvalue weighted by Crippen LogP contribution is 2.35. The Bertz CT molecular complexity index is 3500. The van der Waals surface area contributed by atoms with Crippen LogP contribution in [0.3, 0.4) is 0 Å². The molecule has 0 aliphatic heterocycles. The molecule has 16 N–H and O–H groups in total. The van der Waals surface area contributed by atoms with Crippen molar-refractivity contribution in [2.45, 2.75) is 19.6 Å². The highest BCUT2D eigenvalue weighted by Gasteiger charge is 2.24. The van der Waals surface area contributed by atoms with Gasteiger partial charge >= 0.3 is 0 Å². The number of anilines is 8. The molecule has 8 rings (SSSR count). The standard InChI is InChI=1S/2C26H22N4O6S/c27-17-5-1-15(2-6-17)25(33)29-21-13-19(9-11-23(21)31)37(35,36)20-10-12-24(32)22(14-20)30-26(34)16-3-7-18(28)8-4-16;27-17-5-1-3-15(11-17)25(33)29-21-13-19(7-9-23(21)31)37(35,36)20-8-10-24(32)22(14-20)30-26(34)16-4-2-6-18(28)12-16/h2*1-14,31-32H,27-28H2,(H,29,33)(H,30,34). The number of nitrogen functional groups attached to an aromatic ring is 4. The van der Waals surface area contributed by atoms with E-state index in [4.69, 9.17) is 22.9 Å². The summed E-state index contributed by atoms with van der Waals surface area (Å²) in [6, 6.07) is 38.0. The summed E-state index contributed by atoms with van der Waals surface area (Å²) in [4.78, 5) is 49.3. The molecule has 0 aromatic heterocycles. The molecule has 0 bridgehead atoms. The monoisotopic (exact) mass is 1040 g/mol. The van der Waals surface area contributed by atoms with Gasteiger partial charge in [0.2, 0.25) is 19.7 Å². The van der Waals surface area contributed by atoms with Crippen LogP contribution in [0.1, 0.15) is 41.4 Å². The number of aromatic hydroxyl groups is 4. The first kappa shape index (κ1) is 51.8. The van der Waals surface area contributed by atoms with E-state index in [-0.39, 0.29) is 87.6 Å². The molecule has 0 fully saturated rings. The summed E-state index contributed by atoms with van der Waals surface area (Å²) in [6.07, 6.45) is 0. The van der Waals surface area contributed by atoms with E-state index in [9.17, 15) is 56.4 Å². The van der Waals surface area contributed by atoms with E-state index < -0.39 is 43.3 Å². The molecule has 4 amide bonds. The van der Waals surface area contributed by atoms with Crippen LogP contribution in [-0.4, -0.2) is 60.9 Å². The van der Waals surface area contributed by atoms with Gasteiger partial charge < -0.3 is 64.6 Å². The summed E-state index contributed by atoms with van der Waals surface area (Å²) in [5.74, 6) is -3.75. The third-order valence-electron chi connectivity index (χ3n) is 10.7. The fourth-order valence-corrected chi connectivity index (χ4v) is 9.43. The van der Waals surface area contributed by atoms with Crippen molar-refractivity contribution in [3.63, 3.8) is 0 Å². The maximum absolute atomic E-state index is 13.3. The average molecular weight is 1040 g/mol. The topological polar surface area (TPSA) is 370 Å². The summed E-state index contributed by atoms with van der Waals surface area (Å²) in [6.45, 7) is 0. The number of hydrogen-bond donors (Lipinski definition) is 12. The van der Waals surface area contributed by atoms with Crippen molar-refractivity contribution in [2.24, 2.45) is 0 Å². The van der Waals surface area contributed by atoms with Crippen molar-refractivity contribution >= 4 is 88.8 Å². The summed E-state index contributed by atoms with van der Waals surface area (Å²) in [7, 11) is -8.38. The minimum atomic E-state index is -4.20. The van der Waals surface area contributed by atoms with Gasteiger partial charge in [0.15, 0.2) is 0 Å². The normalized spacial score (nSPS) is 11.0. The fraction of sp³-hybridized carbons (Fsp3) is 0. The Morgan fingerprint density at radius 1 is 0.311 bits per heavy atom. The summed E-state index contributed by atoms with van der Waals surface area (Å²) in [5, 5.41) is 50.7. The van der Waals surface area contributed by atoms with Gasteiger partial charge in [-0.1, -0.05) is 12.1 Å². The molecule has 0 heterocycles. The van der Waals surface area contributed by atoms with Crippen LogP contribution in [0.5, 0.6) is 23.0 Å². The maximum Gasteiger partial charge on any atom is 0.255 e. The first-order chi connectivity index (χ1) is 35.1. The molecule has 22 heteroatoms. The van der Waals surface area contributed by atoms with Gasteiger partial charge in [-0.15, -0.1) is 0 Å². The smallest absolute Gasteiger partial charge is 0.255 e. The summed E-state index contributed by atoms with van der Waals surface area (Å²) < 4.78 is 53.3. The van der Waals surface area contributed by atoms with Crippen LogP contribution in [0.4, 0.5) is 45.5 Å². The molecule has 74 heavy (non-hydrogen) atoms. The third-order valence-corrected chi connectivity index (χ3v) is 14.2. The number of sulfone groups is 2. The third kappa shape index (κ3) is 12.1. The van der Waals surface area contributed by atoms with Crippen molar-refractivity contribution in [3.05, 3.63) is 192 Å². The molecule has 376 valence electrons. The average Bonchev–Trinajstić information content (AvgIpc) is 3.37. The zero-order chi connectivity index (χ0) is 53.5. The lowest BCUT2D eigenvalue weighted by Crippen LogP contribution is -2.14. The maximum atomic E-state index is 13.3. The SMILES string of the molecule is Nc1ccc(C(=O)Nc2cc(S(=O)(=O)c3ccc(O)c(NC(=O)c4ccc(N)cc4)c3)ccc2O)cc1.Nc1cccc(C(=O)Nc2cc(S(=O)(=O)c3ccc(O)c(NC(=O)c4cccc(N)c4)c3)ccc2O)c1. The first-order valence-corrected chi connectivity index (χ1v) is 24.6. The Balaban J connectivity index is 0.000000216. The van der Waals surface area contributed by atoms with Crippen LogP contribution in [-0.2, 0) is 19.7 Å². The second kappa shape index (κ2) is 21.5.